The van der Waals surface area contributed by atoms with E-state index in [0.29, 0.717) is 23.2 Å². The van der Waals surface area contributed by atoms with Crippen LogP contribution in [0, 0.1) is 5.92 Å². The molecule has 56 heavy (non-hydrogen) atoms. The first-order valence-corrected chi connectivity index (χ1v) is 20.1. The molecule has 2 amide bonds. The Morgan fingerprint density at radius 1 is 0.929 bits per heavy atom. The molecular weight excluding hydrogens is 721 g/mol. The Kier molecular flexibility index (Phi) is 11.5. The van der Waals surface area contributed by atoms with Crippen molar-refractivity contribution >= 4 is 42.5 Å². The second-order valence-corrected chi connectivity index (χ2v) is 16.2. The maximum Gasteiger partial charge on any atom is 0.355 e. The number of hydrogen-bond donors (Lipinski definition) is 2. The zero-order valence-electron chi connectivity index (χ0n) is 31.0. The summed E-state index contributed by atoms with van der Waals surface area (Å²) in [6.07, 6.45) is 4.58. The number of amides is 2. The van der Waals surface area contributed by atoms with E-state index in [-0.39, 0.29) is 30.4 Å². The minimum atomic E-state index is -1.23. The second kappa shape index (κ2) is 16.8. The van der Waals surface area contributed by atoms with Gasteiger partial charge in [-0.15, -0.1) is 0 Å². The van der Waals surface area contributed by atoms with Crippen LogP contribution >= 0.6 is 7.92 Å². The SMILES string of the molecule is C=CCOC(=O)C(=C1P(c2ccccc2)CCC1(c1ccccc1)c1ccccc1)N1C(=O)[C@H]([C@@H](C)O)[C@H]1CC(=O)c1cccc(NC(=O)c2cccnc2)c1. The summed E-state index contributed by atoms with van der Waals surface area (Å²) in [6, 6.07) is 39.0. The molecule has 7 rings (SSSR count). The third-order valence-electron chi connectivity index (χ3n) is 10.5. The molecule has 2 saturated heterocycles. The number of rotatable bonds is 13. The molecule has 0 spiro atoms. The number of allylic oxidation sites excluding steroid dienone is 1. The van der Waals surface area contributed by atoms with E-state index in [0.717, 1.165) is 27.9 Å². The standard InChI is InChI=1S/C46H42N3O6P/c1-3-26-55-45(54)41(42-46(34-17-7-4-8-18-34,35-19-9-5-10-20-35)24-27-56(42)37-22-11-6-12-23-37)49-38(40(31(2)50)44(49)53)29-39(51)32-15-13-21-36(28-32)48-43(52)33-16-14-25-47-30-33/h3-23,25,28,30-31,38,40,50H,1,24,26-27,29H2,2H3,(H,48,52)/t31-,38-,40-,56?/m1/s1. The Balaban J connectivity index is 1.37. The van der Waals surface area contributed by atoms with Gasteiger partial charge in [0, 0.05) is 40.8 Å². The molecule has 9 nitrogen and oxygen atoms in total. The fraction of sp³-hybridized carbons (Fsp3) is 0.196. The second-order valence-electron chi connectivity index (χ2n) is 13.9. The van der Waals surface area contributed by atoms with Crippen molar-refractivity contribution in [2.75, 3.05) is 18.1 Å². The Bertz CT molecular complexity index is 2220. The first kappa shape index (κ1) is 38.3. The lowest BCUT2D eigenvalue weighted by Crippen LogP contribution is -2.65. The molecule has 0 aliphatic carbocycles. The zero-order valence-corrected chi connectivity index (χ0v) is 31.8. The number of hydrogen-bond acceptors (Lipinski definition) is 7. The summed E-state index contributed by atoms with van der Waals surface area (Å²) < 4.78 is 5.85. The Hall–Kier alpha value is -6.02. The Labute approximate surface area is 327 Å². The highest BCUT2D eigenvalue weighted by Gasteiger charge is 2.58. The number of β-lactam (4-membered cyclic amide) rings is 1. The van der Waals surface area contributed by atoms with Gasteiger partial charge in [-0.25, -0.2) is 4.79 Å². The zero-order chi connectivity index (χ0) is 39.2. The van der Waals surface area contributed by atoms with Crippen LogP contribution in [0.25, 0.3) is 0 Å². The van der Waals surface area contributed by atoms with Gasteiger partial charge in [-0.2, -0.15) is 0 Å². The minimum absolute atomic E-state index is 0.0917. The first-order valence-electron chi connectivity index (χ1n) is 18.6. The highest BCUT2D eigenvalue weighted by atomic mass is 31.1. The van der Waals surface area contributed by atoms with E-state index in [4.69, 9.17) is 4.74 Å². The number of ether oxygens (including phenoxy) is 1. The molecule has 2 fully saturated rings. The molecule has 0 saturated carbocycles. The molecule has 2 N–H and O–H groups in total. The van der Waals surface area contributed by atoms with Crippen molar-refractivity contribution in [3.05, 3.63) is 186 Å². The number of benzene rings is 4. The summed E-state index contributed by atoms with van der Waals surface area (Å²) in [4.78, 5) is 61.8. The van der Waals surface area contributed by atoms with E-state index < -0.39 is 43.3 Å². The number of carbonyl (C=O) groups is 4. The number of Topliss-reactive ketones (excluding diaryl/α,β-unsaturated/α-hetero) is 1. The van der Waals surface area contributed by atoms with Crippen molar-refractivity contribution in [3.63, 3.8) is 0 Å². The highest BCUT2D eigenvalue weighted by molar-refractivity contribution is 7.70. The number of nitrogens with one attached hydrogen (secondary N) is 1. The molecule has 2 aliphatic rings. The van der Waals surface area contributed by atoms with Crippen LogP contribution in [0.1, 0.15) is 51.6 Å². The van der Waals surface area contributed by atoms with Crippen molar-refractivity contribution in [2.45, 2.75) is 37.3 Å². The van der Waals surface area contributed by atoms with Gasteiger partial charge in [0.2, 0.25) is 5.91 Å². The van der Waals surface area contributed by atoms with E-state index in [1.54, 1.807) is 42.6 Å². The molecule has 0 radical (unpaired) electrons. The normalized spacial score (nSPS) is 20.0. The average Bonchev–Trinajstić information content (AvgIpc) is 3.63. The molecule has 10 heteroatoms. The first-order chi connectivity index (χ1) is 27.2. The van der Waals surface area contributed by atoms with Gasteiger partial charge >= 0.3 is 5.97 Å². The highest BCUT2D eigenvalue weighted by Crippen LogP contribution is 2.66. The van der Waals surface area contributed by atoms with Gasteiger partial charge in [0.25, 0.3) is 5.91 Å². The van der Waals surface area contributed by atoms with Gasteiger partial charge in [-0.1, -0.05) is 116 Å². The van der Waals surface area contributed by atoms with Crippen LogP contribution in [-0.2, 0) is 19.7 Å². The van der Waals surface area contributed by atoms with Crippen LogP contribution in [0.5, 0.6) is 0 Å². The number of likely N-dealkylation sites (tertiary alicyclic amines) is 1. The summed E-state index contributed by atoms with van der Waals surface area (Å²) >= 11 is 0. The third-order valence-corrected chi connectivity index (χ3v) is 13.3. The molecule has 282 valence electrons. The fourth-order valence-corrected chi connectivity index (χ4v) is 11.1. The van der Waals surface area contributed by atoms with Gasteiger partial charge in [0.1, 0.15) is 12.3 Å². The Morgan fingerprint density at radius 3 is 2.18 bits per heavy atom. The number of aliphatic hydroxyl groups excluding tert-OH is 1. The summed E-state index contributed by atoms with van der Waals surface area (Å²) in [7, 11) is -1.23. The molecule has 1 aromatic heterocycles. The summed E-state index contributed by atoms with van der Waals surface area (Å²) in [5, 5.41) is 15.7. The largest absolute Gasteiger partial charge is 0.457 e. The van der Waals surface area contributed by atoms with Crippen molar-refractivity contribution in [1.82, 2.24) is 9.88 Å². The van der Waals surface area contributed by atoms with Crippen molar-refractivity contribution in [3.8, 4) is 0 Å². The molecule has 0 bridgehead atoms. The maximum atomic E-state index is 14.7. The molecule has 5 aromatic rings. The molecule has 4 atom stereocenters. The number of ketones is 1. The minimum Gasteiger partial charge on any atom is -0.457 e. The number of pyridine rings is 1. The van der Waals surface area contributed by atoms with Crippen molar-refractivity contribution in [1.29, 1.82) is 0 Å². The number of aliphatic hydroxyl groups is 1. The third kappa shape index (κ3) is 7.36. The van der Waals surface area contributed by atoms with Crippen LogP contribution in [0.3, 0.4) is 0 Å². The van der Waals surface area contributed by atoms with Gasteiger partial charge in [-0.05, 0) is 68.1 Å². The maximum absolute atomic E-state index is 14.7. The summed E-state index contributed by atoms with van der Waals surface area (Å²) in [6.45, 7) is 5.19. The number of carbonyl (C=O) groups excluding carboxylic acids is 4. The summed E-state index contributed by atoms with van der Waals surface area (Å²) in [5.41, 5.74) is 2.27. The average molecular weight is 764 g/mol. The van der Waals surface area contributed by atoms with Crippen molar-refractivity contribution < 1.29 is 29.0 Å². The van der Waals surface area contributed by atoms with E-state index in [1.807, 2.05) is 54.6 Å². The van der Waals surface area contributed by atoms with E-state index >= 15 is 0 Å². The molecule has 3 heterocycles. The van der Waals surface area contributed by atoms with Crippen LogP contribution < -0.4 is 10.6 Å². The molecular formula is C46H42N3O6P. The monoisotopic (exact) mass is 763 g/mol. The van der Waals surface area contributed by atoms with E-state index in [2.05, 4.69) is 53.3 Å². The van der Waals surface area contributed by atoms with Crippen LogP contribution in [-0.4, -0.2) is 63.5 Å². The van der Waals surface area contributed by atoms with Gasteiger partial charge in [0.15, 0.2) is 5.78 Å². The Morgan fingerprint density at radius 2 is 1.57 bits per heavy atom. The topological polar surface area (TPSA) is 126 Å². The lowest BCUT2D eigenvalue weighted by molar-refractivity contribution is -0.164. The number of nitrogens with zero attached hydrogens (tertiary/aromatic N) is 2. The van der Waals surface area contributed by atoms with Crippen LogP contribution in [0.4, 0.5) is 5.69 Å². The van der Waals surface area contributed by atoms with E-state index in [9.17, 15) is 24.3 Å². The number of aromatic nitrogens is 1. The van der Waals surface area contributed by atoms with Crippen LogP contribution in [0.2, 0.25) is 0 Å². The molecule has 1 unspecified atom stereocenters. The number of esters is 1. The summed E-state index contributed by atoms with van der Waals surface area (Å²) in [5.74, 6) is -2.82. The quantitative estimate of drug-likeness (QED) is 0.0323. The number of anilines is 1. The molecule has 2 aliphatic heterocycles. The predicted octanol–water partition coefficient (Wildman–Crippen LogP) is 7.25. The molecule has 4 aromatic carbocycles. The van der Waals surface area contributed by atoms with Gasteiger partial charge < -0.3 is 20.1 Å². The smallest absolute Gasteiger partial charge is 0.355 e. The van der Waals surface area contributed by atoms with Gasteiger partial charge in [-0.3, -0.25) is 19.4 Å². The lowest BCUT2D eigenvalue weighted by atomic mass is 9.71. The van der Waals surface area contributed by atoms with Crippen molar-refractivity contribution in [2.24, 2.45) is 5.92 Å². The van der Waals surface area contributed by atoms with Crippen LogP contribution in [0.15, 0.2) is 163 Å². The lowest BCUT2D eigenvalue weighted by Gasteiger charge is -2.50. The fourth-order valence-electron chi connectivity index (χ4n) is 7.99. The van der Waals surface area contributed by atoms with Gasteiger partial charge in [0.05, 0.1) is 23.6 Å². The predicted molar refractivity (Wildman–Crippen MR) is 218 cm³/mol. The van der Waals surface area contributed by atoms with E-state index in [1.165, 1.54) is 24.1 Å².